The van der Waals surface area contributed by atoms with Gasteiger partial charge in [-0.25, -0.2) is 9.97 Å². The fourth-order valence-corrected chi connectivity index (χ4v) is 2.64. The first-order valence-electron chi connectivity index (χ1n) is 8.24. The van der Waals surface area contributed by atoms with Gasteiger partial charge in [-0.15, -0.1) is 0 Å². The molecule has 0 aliphatic carbocycles. The Hall–Kier alpha value is -2.92. The monoisotopic (exact) mass is 366 g/mol. The Morgan fingerprint density at radius 1 is 1.08 bits per heavy atom. The zero-order valence-corrected chi connectivity index (χ0v) is 15.3. The van der Waals surface area contributed by atoms with Gasteiger partial charge in [0, 0.05) is 16.8 Å². The van der Waals surface area contributed by atoms with Crippen molar-refractivity contribution in [3.63, 3.8) is 0 Å². The molecule has 3 aromatic rings. The summed E-state index contributed by atoms with van der Waals surface area (Å²) in [6.45, 7) is 3.87. The molecule has 0 saturated carbocycles. The van der Waals surface area contributed by atoms with Crippen LogP contribution in [0.5, 0.6) is 0 Å². The number of benzene rings is 2. The van der Waals surface area contributed by atoms with E-state index in [4.69, 9.17) is 11.6 Å². The third-order valence-corrected chi connectivity index (χ3v) is 4.40. The molecule has 1 heterocycles. The lowest BCUT2D eigenvalue weighted by Crippen LogP contribution is -2.27. The van der Waals surface area contributed by atoms with Crippen LogP contribution in [-0.2, 0) is 0 Å². The number of aryl methyl sites for hydroxylation is 1. The van der Waals surface area contributed by atoms with E-state index in [-0.39, 0.29) is 11.9 Å². The summed E-state index contributed by atoms with van der Waals surface area (Å²) in [6, 6.07) is 16.9. The molecule has 0 saturated heterocycles. The Morgan fingerprint density at radius 2 is 1.85 bits per heavy atom. The number of anilines is 2. The number of hydrogen-bond acceptors (Lipinski definition) is 4. The molecule has 132 valence electrons. The fraction of sp³-hybridized carbons (Fsp3) is 0.150. The normalized spacial score (nSPS) is 11.7. The van der Waals surface area contributed by atoms with Crippen molar-refractivity contribution in [2.45, 2.75) is 19.9 Å². The molecule has 3 rings (SSSR count). The van der Waals surface area contributed by atoms with Crippen LogP contribution in [0.2, 0.25) is 5.02 Å². The lowest BCUT2D eigenvalue weighted by molar-refractivity contribution is 0.0934. The number of carbonyl (C=O) groups is 1. The predicted octanol–water partition coefficient (Wildman–Crippen LogP) is 4.67. The highest BCUT2D eigenvalue weighted by atomic mass is 35.5. The van der Waals surface area contributed by atoms with Crippen molar-refractivity contribution in [1.29, 1.82) is 0 Å². The predicted molar refractivity (Wildman–Crippen MR) is 104 cm³/mol. The summed E-state index contributed by atoms with van der Waals surface area (Å²) in [5.41, 5.74) is 3.12. The van der Waals surface area contributed by atoms with Crippen molar-refractivity contribution >= 4 is 29.0 Å². The van der Waals surface area contributed by atoms with Gasteiger partial charge in [0.25, 0.3) is 5.91 Å². The molecule has 2 aromatic carbocycles. The number of hydrogen-bond donors (Lipinski definition) is 2. The third kappa shape index (κ3) is 4.37. The molecule has 2 N–H and O–H groups in total. The Balaban J connectivity index is 1.72. The molecule has 0 fully saturated rings. The van der Waals surface area contributed by atoms with E-state index in [0.29, 0.717) is 16.5 Å². The third-order valence-electron chi connectivity index (χ3n) is 3.99. The first kappa shape index (κ1) is 17.9. The lowest BCUT2D eigenvalue weighted by Gasteiger charge is -2.14. The summed E-state index contributed by atoms with van der Waals surface area (Å²) >= 11 is 6.14. The maximum atomic E-state index is 12.5. The van der Waals surface area contributed by atoms with Crippen molar-refractivity contribution in [3.8, 4) is 0 Å². The van der Waals surface area contributed by atoms with Crippen LogP contribution in [0.4, 0.5) is 11.5 Å². The lowest BCUT2D eigenvalue weighted by atomic mass is 10.1. The molecule has 0 aliphatic heterocycles. The average Bonchev–Trinajstić information content (AvgIpc) is 2.65. The van der Waals surface area contributed by atoms with Crippen molar-refractivity contribution in [2.75, 3.05) is 5.32 Å². The van der Waals surface area contributed by atoms with E-state index in [1.807, 2.05) is 62.4 Å². The number of carbonyl (C=O) groups excluding carboxylic acids is 1. The van der Waals surface area contributed by atoms with Crippen LogP contribution in [-0.4, -0.2) is 15.9 Å². The molecular formula is C20H19ClN4O. The Kier molecular flexibility index (Phi) is 5.49. The first-order valence-corrected chi connectivity index (χ1v) is 8.62. The maximum Gasteiger partial charge on any atom is 0.270 e. The Labute approximate surface area is 157 Å². The molecule has 0 bridgehead atoms. The van der Waals surface area contributed by atoms with Gasteiger partial charge in [-0.2, -0.15) is 0 Å². The molecule has 0 spiro atoms. The molecule has 1 amide bonds. The summed E-state index contributed by atoms with van der Waals surface area (Å²) in [5, 5.41) is 6.74. The highest BCUT2D eigenvalue weighted by molar-refractivity contribution is 6.31. The van der Waals surface area contributed by atoms with Gasteiger partial charge in [-0.05, 0) is 37.1 Å². The van der Waals surface area contributed by atoms with Crippen molar-refractivity contribution in [1.82, 2.24) is 15.3 Å². The number of nitrogens with zero attached hydrogens (tertiary/aromatic N) is 2. The van der Waals surface area contributed by atoms with Crippen LogP contribution in [0.25, 0.3) is 0 Å². The van der Waals surface area contributed by atoms with Crippen LogP contribution in [0.3, 0.4) is 0 Å². The molecule has 0 aliphatic rings. The number of halogens is 1. The second-order valence-corrected chi connectivity index (χ2v) is 6.39. The van der Waals surface area contributed by atoms with Gasteiger partial charge in [0.1, 0.15) is 17.8 Å². The average molecular weight is 367 g/mol. The number of aromatic nitrogens is 2. The summed E-state index contributed by atoms with van der Waals surface area (Å²) in [5.74, 6) is 0.270. The van der Waals surface area contributed by atoms with E-state index >= 15 is 0 Å². The Bertz CT molecular complexity index is 915. The molecule has 26 heavy (non-hydrogen) atoms. The number of nitrogens with one attached hydrogen (secondary N) is 2. The van der Waals surface area contributed by atoms with Crippen molar-refractivity contribution < 1.29 is 4.79 Å². The van der Waals surface area contributed by atoms with Crippen LogP contribution < -0.4 is 10.6 Å². The van der Waals surface area contributed by atoms with Gasteiger partial charge in [0.05, 0.1) is 6.04 Å². The summed E-state index contributed by atoms with van der Waals surface area (Å²) < 4.78 is 0. The van der Waals surface area contributed by atoms with E-state index < -0.39 is 0 Å². The number of amides is 1. The molecule has 1 unspecified atom stereocenters. The highest BCUT2D eigenvalue weighted by Gasteiger charge is 2.13. The van der Waals surface area contributed by atoms with E-state index in [1.54, 1.807) is 6.07 Å². The number of rotatable bonds is 5. The van der Waals surface area contributed by atoms with Crippen molar-refractivity contribution in [3.05, 3.63) is 82.8 Å². The smallest absolute Gasteiger partial charge is 0.270 e. The maximum absolute atomic E-state index is 12.5. The Morgan fingerprint density at radius 3 is 2.58 bits per heavy atom. The minimum absolute atomic E-state index is 0.119. The van der Waals surface area contributed by atoms with Crippen molar-refractivity contribution in [2.24, 2.45) is 0 Å². The second-order valence-electron chi connectivity index (χ2n) is 5.98. The zero-order valence-electron chi connectivity index (χ0n) is 14.5. The molecule has 5 nitrogen and oxygen atoms in total. The summed E-state index contributed by atoms with van der Waals surface area (Å²) in [7, 11) is 0. The van der Waals surface area contributed by atoms with Crippen LogP contribution in [0, 0.1) is 6.92 Å². The molecular weight excluding hydrogens is 348 g/mol. The molecule has 6 heteroatoms. The fourth-order valence-electron chi connectivity index (χ4n) is 2.46. The van der Waals surface area contributed by atoms with E-state index in [2.05, 4.69) is 20.6 Å². The minimum atomic E-state index is -0.256. The topological polar surface area (TPSA) is 66.9 Å². The van der Waals surface area contributed by atoms with Crippen LogP contribution in [0.15, 0.2) is 60.9 Å². The SMILES string of the molecule is Cc1ccc(Nc2cc(C(=O)NC(C)c3ccccc3)ncn2)cc1Cl. The van der Waals surface area contributed by atoms with E-state index in [0.717, 1.165) is 16.8 Å². The summed E-state index contributed by atoms with van der Waals surface area (Å²) in [4.78, 5) is 20.7. The standard InChI is InChI=1S/C20H19ClN4O/c1-13-8-9-16(10-17(13)21)25-19-11-18(22-12-23-19)20(26)24-14(2)15-6-4-3-5-7-15/h3-12,14H,1-2H3,(H,24,26)(H,22,23,25). The first-order chi connectivity index (χ1) is 12.5. The van der Waals surface area contributed by atoms with Gasteiger partial charge in [-0.1, -0.05) is 48.0 Å². The van der Waals surface area contributed by atoms with E-state index in [1.165, 1.54) is 6.33 Å². The minimum Gasteiger partial charge on any atom is -0.344 e. The van der Waals surface area contributed by atoms with E-state index in [9.17, 15) is 4.79 Å². The molecule has 0 radical (unpaired) electrons. The van der Waals surface area contributed by atoms with Gasteiger partial charge in [0.2, 0.25) is 0 Å². The van der Waals surface area contributed by atoms with Gasteiger partial charge >= 0.3 is 0 Å². The van der Waals surface area contributed by atoms with Gasteiger partial charge < -0.3 is 10.6 Å². The van der Waals surface area contributed by atoms with Crippen LogP contribution in [0.1, 0.15) is 34.6 Å². The van der Waals surface area contributed by atoms with Crippen LogP contribution >= 0.6 is 11.6 Å². The molecule has 1 atom stereocenters. The molecule has 1 aromatic heterocycles. The quantitative estimate of drug-likeness (QED) is 0.688. The van der Waals surface area contributed by atoms with Gasteiger partial charge in [0.15, 0.2) is 0 Å². The second kappa shape index (κ2) is 7.97. The van der Waals surface area contributed by atoms with Gasteiger partial charge in [-0.3, -0.25) is 4.79 Å². The zero-order chi connectivity index (χ0) is 18.5. The highest BCUT2D eigenvalue weighted by Crippen LogP contribution is 2.22. The largest absolute Gasteiger partial charge is 0.344 e. The summed E-state index contributed by atoms with van der Waals surface area (Å²) in [6.07, 6.45) is 1.36.